The molecule has 0 unspecified atom stereocenters. The maximum absolute atomic E-state index is 13.7. The number of nitrogens with one attached hydrogen (secondary N) is 1. The smallest absolute Gasteiger partial charge is 0.134 e. The Morgan fingerprint density at radius 2 is 1.89 bits per heavy atom. The summed E-state index contributed by atoms with van der Waals surface area (Å²) in [6.45, 7) is 0.429. The summed E-state index contributed by atoms with van der Waals surface area (Å²) in [7, 11) is 1.77. The Morgan fingerprint density at radius 1 is 1.17 bits per heavy atom. The van der Waals surface area contributed by atoms with E-state index in [4.69, 9.17) is 4.74 Å². The quantitative estimate of drug-likeness (QED) is 0.918. The van der Waals surface area contributed by atoms with E-state index in [0.717, 1.165) is 4.47 Å². The summed E-state index contributed by atoms with van der Waals surface area (Å²) in [4.78, 5) is 0. The van der Waals surface area contributed by atoms with E-state index in [2.05, 4.69) is 21.2 Å². The van der Waals surface area contributed by atoms with Gasteiger partial charge in [-0.1, -0.05) is 22.0 Å². The first kappa shape index (κ1) is 13.1. The Morgan fingerprint density at radius 3 is 2.56 bits per heavy atom. The average Bonchev–Trinajstić information content (AvgIpc) is 2.36. The molecule has 0 fully saturated rings. The van der Waals surface area contributed by atoms with Crippen molar-refractivity contribution in [2.45, 2.75) is 6.54 Å². The maximum Gasteiger partial charge on any atom is 0.134 e. The van der Waals surface area contributed by atoms with Gasteiger partial charge in [-0.25, -0.2) is 4.39 Å². The third kappa shape index (κ3) is 3.09. The molecule has 0 aliphatic carbocycles. The van der Waals surface area contributed by atoms with Gasteiger partial charge < -0.3 is 10.1 Å². The fourth-order valence-corrected chi connectivity index (χ4v) is 1.88. The van der Waals surface area contributed by atoms with Gasteiger partial charge in [0, 0.05) is 16.6 Å². The molecular formula is C14H13BrFNO. The van der Waals surface area contributed by atoms with E-state index in [1.54, 1.807) is 19.2 Å². The van der Waals surface area contributed by atoms with Gasteiger partial charge in [-0.05, 0) is 43.4 Å². The molecule has 0 spiro atoms. The summed E-state index contributed by atoms with van der Waals surface area (Å²) < 4.78 is 20.3. The second kappa shape index (κ2) is 5.98. The molecule has 0 bridgehead atoms. The lowest BCUT2D eigenvalue weighted by atomic mass is 10.2. The van der Waals surface area contributed by atoms with E-state index < -0.39 is 0 Å². The van der Waals surface area contributed by atoms with Crippen LogP contribution in [0.2, 0.25) is 0 Å². The number of ether oxygens (including phenoxy) is 1. The van der Waals surface area contributed by atoms with Crippen LogP contribution in [0, 0.1) is 5.82 Å². The van der Waals surface area contributed by atoms with Gasteiger partial charge in [-0.3, -0.25) is 0 Å². The molecular weight excluding hydrogens is 297 g/mol. The van der Waals surface area contributed by atoms with Crippen LogP contribution in [0.3, 0.4) is 0 Å². The first-order chi connectivity index (χ1) is 8.70. The minimum Gasteiger partial charge on any atom is -0.457 e. The molecule has 0 radical (unpaired) electrons. The van der Waals surface area contributed by atoms with Crippen LogP contribution in [-0.4, -0.2) is 7.05 Å². The normalized spacial score (nSPS) is 10.4. The number of hydrogen-bond acceptors (Lipinski definition) is 2. The van der Waals surface area contributed by atoms with Crippen molar-refractivity contribution in [1.29, 1.82) is 0 Å². The molecule has 2 aromatic rings. The number of rotatable bonds is 4. The largest absolute Gasteiger partial charge is 0.457 e. The summed E-state index contributed by atoms with van der Waals surface area (Å²) in [6.07, 6.45) is 0. The fraction of sp³-hybridized carbons (Fsp3) is 0.143. The molecule has 0 amide bonds. The highest BCUT2D eigenvalue weighted by Crippen LogP contribution is 2.28. The first-order valence-corrected chi connectivity index (χ1v) is 6.35. The standard InChI is InChI=1S/C14H13BrFNO/c1-17-9-12-13(16)3-2-4-14(12)18-11-7-5-10(15)6-8-11/h2-8,17H,9H2,1H3. The van der Waals surface area contributed by atoms with Crippen molar-refractivity contribution in [2.75, 3.05) is 7.05 Å². The molecule has 0 atom stereocenters. The van der Waals surface area contributed by atoms with Crippen LogP contribution in [-0.2, 0) is 6.54 Å². The molecule has 0 aliphatic rings. The molecule has 0 saturated heterocycles. The van der Waals surface area contributed by atoms with Crippen LogP contribution in [0.1, 0.15) is 5.56 Å². The molecule has 2 nitrogen and oxygen atoms in total. The Labute approximate surface area is 114 Å². The lowest BCUT2D eigenvalue weighted by molar-refractivity contribution is 0.464. The van der Waals surface area contributed by atoms with Crippen molar-refractivity contribution in [2.24, 2.45) is 0 Å². The van der Waals surface area contributed by atoms with Gasteiger partial charge in [0.05, 0.1) is 0 Å². The zero-order chi connectivity index (χ0) is 13.0. The molecule has 18 heavy (non-hydrogen) atoms. The second-order valence-corrected chi connectivity index (χ2v) is 4.72. The molecule has 2 rings (SSSR count). The van der Waals surface area contributed by atoms with Gasteiger partial charge in [-0.15, -0.1) is 0 Å². The lowest BCUT2D eigenvalue weighted by Gasteiger charge is -2.11. The van der Waals surface area contributed by atoms with E-state index in [9.17, 15) is 4.39 Å². The third-order valence-corrected chi connectivity index (χ3v) is 3.00. The molecule has 0 aliphatic heterocycles. The zero-order valence-electron chi connectivity index (χ0n) is 9.91. The number of hydrogen-bond donors (Lipinski definition) is 1. The minimum absolute atomic E-state index is 0.265. The van der Waals surface area contributed by atoms with E-state index in [0.29, 0.717) is 23.6 Å². The molecule has 2 aromatic carbocycles. The Bertz CT molecular complexity index is 528. The van der Waals surface area contributed by atoms with E-state index >= 15 is 0 Å². The summed E-state index contributed by atoms with van der Waals surface area (Å²) in [5, 5.41) is 2.93. The Balaban J connectivity index is 2.28. The predicted octanol–water partition coefficient (Wildman–Crippen LogP) is 4.10. The third-order valence-electron chi connectivity index (χ3n) is 2.47. The van der Waals surface area contributed by atoms with Gasteiger partial charge in [0.2, 0.25) is 0 Å². The van der Waals surface area contributed by atoms with Crippen LogP contribution in [0.25, 0.3) is 0 Å². The van der Waals surface area contributed by atoms with Crippen molar-refractivity contribution >= 4 is 15.9 Å². The van der Waals surface area contributed by atoms with Crippen LogP contribution >= 0.6 is 15.9 Å². The molecule has 1 N–H and O–H groups in total. The van der Waals surface area contributed by atoms with E-state index in [1.165, 1.54) is 6.07 Å². The van der Waals surface area contributed by atoms with Gasteiger partial charge in [0.1, 0.15) is 17.3 Å². The second-order valence-electron chi connectivity index (χ2n) is 3.80. The van der Waals surface area contributed by atoms with Crippen LogP contribution in [0.5, 0.6) is 11.5 Å². The molecule has 0 saturated carbocycles. The van der Waals surface area contributed by atoms with E-state index in [1.807, 2.05) is 24.3 Å². The van der Waals surface area contributed by atoms with Crippen molar-refractivity contribution in [1.82, 2.24) is 5.32 Å². The predicted molar refractivity (Wildman–Crippen MR) is 73.4 cm³/mol. The Kier molecular flexibility index (Phi) is 4.33. The van der Waals surface area contributed by atoms with Crippen LogP contribution in [0.15, 0.2) is 46.9 Å². The number of halogens is 2. The van der Waals surface area contributed by atoms with Gasteiger partial charge in [-0.2, -0.15) is 0 Å². The highest BCUT2D eigenvalue weighted by atomic mass is 79.9. The Hall–Kier alpha value is -1.39. The number of benzene rings is 2. The topological polar surface area (TPSA) is 21.3 Å². The summed E-state index contributed by atoms with van der Waals surface area (Å²) in [5.41, 5.74) is 0.530. The molecule has 0 aromatic heterocycles. The van der Waals surface area contributed by atoms with E-state index in [-0.39, 0.29) is 5.82 Å². The molecule has 94 valence electrons. The van der Waals surface area contributed by atoms with Crippen molar-refractivity contribution in [3.8, 4) is 11.5 Å². The summed E-state index contributed by atoms with van der Waals surface area (Å²) in [5.74, 6) is 0.951. The van der Waals surface area contributed by atoms with Crippen LogP contribution < -0.4 is 10.1 Å². The average molecular weight is 310 g/mol. The lowest BCUT2D eigenvalue weighted by Crippen LogP contribution is -2.08. The summed E-state index contributed by atoms with van der Waals surface area (Å²) in [6, 6.07) is 12.3. The van der Waals surface area contributed by atoms with Gasteiger partial charge in [0.15, 0.2) is 0 Å². The minimum atomic E-state index is -0.265. The van der Waals surface area contributed by atoms with Crippen molar-refractivity contribution in [3.05, 3.63) is 58.3 Å². The maximum atomic E-state index is 13.7. The van der Waals surface area contributed by atoms with Crippen molar-refractivity contribution < 1.29 is 9.13 Å². The molecule has 0 heterocycles. The fourth-order valence-electron chi connectivity index (χ4n) is 1.61. The highest BCUT2D eigenvalue weighted by molar-refractivity contribution is 9.10. The van der Waals surface area contributed by atoms with Gasteiger partial charge >= 0.3 is 0 Å². The van der Waals surface area contributed by atoms with Gasteiger partial charge in [0.25, 0.3) is 0 Å². The first-order valence-electron chi connectivity index (χ1n) is 5.56. The van der Waals surface area contributed by atoms with Crippen LogP contribution in [0.4, 0.5) is 4.39 Å². The monoisotopic (exact) mass is 309 g/mol. The molecule has 4 heteroatoms. The van der Waals surface area contributed by atoms with Crippen molar-refractivity contribution in [3.63, 3.8) is 0 Å². The summed E-state index contributed by atoms with van der Waals surface area (Å²) >= 11 is 3.36. The highest BCUT2D eigenvalue weighted by Gasteiger charge is 2.09. The SMILES string of the molecule is CNCc1c(F)cccc1Oc1ccc(Br)cc1. The zero-order valence-corrected chi connectivity index (χ0v) is 11.5.